The number of carbonyl (C=O) groups excluding carboxylic acids is 1. The molecule has 1 aliphatic heterocycles. The van der Waals surface area contributed by atoms with Crippen LogP contribution in [0.5, 0.6) is 0 Å². The number of hydrogen-bond donors (Lipinski definition) is 2. The summed E-state index contributed by atoms with van der Waals surface area (Å²) in [6, 6.07) is 0.958. The minimum atomic E-state index is -0.453. The summed E-state index contributed by atoms with van der Waals surface area (Å²) in [5.41, 5.74) is -0.453. The highest BCUT2D eigenvalue weighted by atomic mass is 16.6. The van der Waals surface area contributed by atoms with Gasteiger partial charge in [0.05, 0.1) is 18.2 Å². The van der Waals surface area contributed by atoms with Gasteiger partial charge >= 0.3 is 6.09 Å². The maximum absolute atomic E-state index is 12.1. The van der Waals surface area contributed by atoms with Gasteiger partial charge in [-0.2, -0.15) is 0 Å². The molecule has 0 aromatic rings. The molecule has 2 saturated carbocycles. The molecule has 3 aliphatic rings. The molecule has 4 atom stereocenters. The van der Waals surface area contributed by atoms with E-state index in [2.05, 4.69) is 10.6 Å². The fourth-order valence-electron chi connectivity index (χ4n) is 4.09. The molecule has 126 valence electrons. The molecule has 22 heavy (non-hydrogen) atoms. The Hall–Kier alpha value is -0.810. The molecular weight excluding hydrogens is 280 g/mol. The van der Waals surface area contributed by atoms with Crippen molar-refractivity contribution in [2.24, 2.45) is 5.92 Å². The van der Waals surface area contributed by atoms with Crippen LogP contribution in [0.15, 0.2) is 0 Å². The van der Waals surface area contributed by atoms with Crippen LogP contribution in [0.1, 0.15) is 59.3 Å². The Labute approximate surface area is 133 Å². The minimum Gasteiger partial charge on any atom is -0.444 e. The number of rotatable bonds is 3. The molecule has 0 radical (unpaired) electrons. The fraction of sp³-hybridized carbons (Fsp3) is 0.941. The number of alkyl carbamates (subject to hydrolysis) is 1. The van der Waals surface area contributed by atoms with Gasteiger partial charge in [0.25, 0.3) is 0 Å². The van der Waals surface area contributed by atoms with Gasteiger partial charge in [0.15, 0.2) is 0 Å². The number of amides is 1. The zero-order valence-corrected chi connectivity index (χ0v) is 14.1. The maximum atomic E-state index is 12.1. The van der Waals surface area contributed by atoms with Crippen molar-refractivity contribution >= 4 is 6.09 Å². The molecule has 0 aromatic carbocycles. The monoisotopic (exact) mass is 310 g/mol. The van der Waals surface area contributed by atoms with Crippen molar-refractivity contribution < 1.29 is 14.3 Å². The number of hydrogen-bond acceptors (Lipinski definition) is 4. The van der Waals surface area contributed by atoms with Crippen molar-refractivity contribution in [1.82, 2.24) is 10.6 Å². The highest BCUT2D eigenvalue weighted by Crippen LogP contribution is 2.40. The Kier molecular flexibility index (Phi) is 4.64. The highest BCUT2D eigenvalue weighted by molar-refractivity contribution is 5.68. The van der Waals surface area contributed by atoms with Gasteiger partial charge in [-0.05, 0) is 40.0 Å². The largest absolute Gasteiger partial charge is 0.444 e. The third-order valence-corrected chi connectivity index (χ3v) is 5.10. The highest BCUT2D eigenvalue weighted by Gasteiger charge is 2.55. The zero-order chi connectivity index (χ0) is 15.7. The van der Waals surface area contributed by atoms with Gasteiger partial charge in [-0.3, -0.25) is 0 Å². The van der Waals surface area contributed by atoms with Crippen molar-refractivity contribution in [2.75, 3.05) is 6.61 Å². The fourth-order valence-corrected chi connectivity index (χ4v) is 4.09. The van der Waals surface area contributed by atoms with E-state index >= 15 is 0 Å². The van der Waals surface area contributed by atoms with E-state index in [0.29, 0.717) is 12.0 Å². The number of ether oxygens (including phenoxy) is 2. The van der Waals surface area contributed by atoms with E-state index in [1.807, 2.05) is 20.8 Å². The summed E-state index contributed by atoms with van der Waals surface area (Å²) < 4.78 is 11.3. The summed E-state index contributed by atoms with van der Waals surface area (Å²) in [7, 11) is 0. The molecule has 0 bridgehead atoms. The summed E-state index contributed by atoms with van der Waals surface area (Å²) >= 11 is 0. The van der Waals surface area contributed by atoms with E-state index in [0.717, 1.165) is 13.0 Å². The first kappa shape index (κ1) is 16.1. The van der Waals surface area contributed by atoms with Crippen molar-refractivity contribution in [3.8, 4) is 0 Å². The summed E-state index contributed by atoms with van der Waals surface area (Å²) in [6.07, 6.45) is 7.45. The summed E-state index contributed by atoms with van der Waals surface area (Å²) in [6.45, 7) is 6.50. The van der Waals surface area contributed by atoms with Crippen molar-refractivity contribution in [1.29, 1.82) is 0 Å². The molecule has 4 unspecified atom stereocenters. The quantitative estimate of drug-likeness (QED) is 0.841. The summed E-state index contributed by atoms with van der Waals surface area (Å²) in [4.78, 5) is 12.1. The molecule has 5 heteroatoms. The SMILES string of the molecule is CC(C)(C)OC(=O)NC1C2CCOC2C1NC1CCCCC1. The zero-order valence-electron chi connectivity index (χ0n) is 14.1. The first-order valence-electron chi connectivity index (χ1n) is 8.81. The van der Waals surface area contributed by atoms with Crippen LogP contribution in [0, 0.1) is 5.92 Å². The van der Waals surface area contributed by atoms with Gasteiger partial charge in [0, 0.05) is 18.6 Å². The molecule has 0 aromatic heterocycles. The first-order valence-corrected chi connectivity index (χ1v) is 8.81. The molecule has 5 nitrogen and oxygen atoms in total. The van der Waals surface area contributed by atoms with Crippen LogP contribution >= 0.6 is 0 Å². The van der Waals surface area contributed by atoms with Gasteiger partial charge in [-0.25, -0.2) is 4.79 Å². The van der Waals surface area contributed by atoms with Crippen molar-refractivity contribution in [3.05, 3.63) is 0 Å². The predicted molar refractivity (Wildman–Crippen MR) is 84.8 cm³/mol. The standard InChI is InChI=1S/C17H30N2O3/c1-17(2,3)22-16(20)19-13-12-9-10-21-15(12)14(13)18-11-7-5-4-6-8-11/h11-15,18H,4-10H2,1-3H3,(H,19,20). The Bertz CT molecular complexity index is 401. The lowest BCUT2D eigenvalue weighted by Crippen LogP contribution is -2.71. The first-order chi connectivity index (χ1) is 10.4. The number of nitrogens with one attached hydrogen (secondary N) is 2. The van der Waals surface area contributed by atoms with E-state index in [-0.39, 0.29) is 24.3 Å². The van der Waals surface area contributed by atoms with Crippen LogP contribution in [0.4, 0.5) is 4.79 Å². The van der Waals surface area contributed by atoms with E-state index < -0.39 is 5.60 Å². The second-order valence-electron chi connectivity index (χ2n) is 7.99. The van der Waals surface area contributed by atoms with Crippen molar-refractivity contribution in [2.45, 2.75) is 89.1 Å². The van der Waals surface area contributed by atoms with Gasteiger partial charge in [0.2, 0.25) is 0 Å². The van der Waals surface area contributed by atoms with Gasteiger partial charge in [-0.15, -0.1) is 0 Å². The predicted octanol–water partition coefficient (Wildman–Crippen LogP) is 2.59. The average Bonchev–Trinajstić information content (AvgIpc) is 2.86. The van der Waals surface area contributed by atoms with Crippen LogP contribution in [-0.4, -0.2) is 42.5 Å². The Balaban J connectivity index is 1.57. The van der Waals surface area contributed by atoms with Gasteiger partial charge < -0.3 is 20.1 Å². The third kappa shape index (κ3) is 3.57. The molecule has 1 heterocycles. The molecule has 3 rings (SSSR count). The lowest BCUT2D eigenvalue weighted by Gasteiger charge is -2.49. The Morgan fingerprint density at radius 3 is 2.50 bits per heavy atom. The Morgan fingerprint density at radius 1 is 1.09 bits per heavy atom. The van der Waals surface area contributed by atoms with E-state index in [4.69, 9.17) is 9.47 Å². The van der Waals surface area contributed by atoms with E-state index in [1.165, 1.54) is 32.1 Å². The van der Waals surface area contributed by atoms with Crippen LogP contribution in [0.2, 0.25) is 0 Å². The van der Waals surface area contributed by atoms with E-state index in [9.17, 15) is 4.79 Å². The molecule has 2 aliphatic carbocycles. The minimum absolute atomic E-state index is 0.143. The molecule has 3 fully saturated rings. The van der Waals surface area contributed by atoms with Crippen LogP contribution in [-0.2, 0) is 9.47 Å². The average molecular weight is 310 g/mol. The molecule has 2 N–H and O–H groups in total. The van der Waals surface area contributed by atoms with Crippen LogP contribution in [0.25, 0.3) is 0 Å². The lowest BCUT2D eigenvalue weighted by molar-refractivity contribution is -0.0390. The molecule has 1 amide bonds. The molecule has 1 saturated heterocycles. The number of fused-ring (bicyclic) bond motifs is 1. The second kappa shape index (κ2) is 6.36. The molecule has 0 spiro atoms. The van der Waals surface area contributed by atoms with Crippen molar-refractivity contribution in [3.63, 3.8) is 0 Å². The van der Waals surface area contributed by atoms with E-state index in [1.54, 1.807) is 0 Å². The normalized spacial score (nSPS) is 35.6. The lowest BCUT2D eigenvalue weighted by atomic mass is 9.71. The summed E-state index contributed by atoms with van der Waals surface area (Å²) in [5, 5.41) is 6.83. The number of carbonyl (C=O) groups is 1. The maximum Gasteiger partial charge on any atom is 0.407 e. The smallest absolute Gasteiger partial charge is 0.407 e. The van der Waals surface area contributed by atoms with Crippen LogP contribution in [0.3, 0.4) is 0 Å². The molecular formula is C17H30N2O3. The summed E-state index contributed by atoms with van der Waals surface area (Å²) in [5.74, 6) is 0.439. The van der Waals surface area contributed by atoms with Gasteiger partial charge in [-0.1, -0.05) is 19.3 Å². The van der Waals surface area contributed by atoms with Crippen LogP contribution < -0.4 is 10.6 Å². The third-order valence-electron chi connectivity index (χ3n) is 5.10. The topological polar surface area (TPSA) is 59.6 Å². The van der Waals surface area contributed by atoms with Gasteiger partial charge in [0.1, 0.15) is 5.60 Å². The Morgan fingerprint density at radius 2 is 1.82 bits per heavy atom. The second-order valence-corrected chi connectivity index (χ2v) is 7.99.